The molecule has 0 fully saturated rings. The second-order valence-corrected chi connectivity index (χ2v) is 3.10. The Hall–Kier alpha value is -0.870. The molecular formula is C9H17N3O. The quantitative estimate of drug-likeness (QED) is 0.641. The SMILES string of the molecule is Cc1cc(CNCCCCN)no1. The van der Waals surface area contributed by atoms with Gasteiger partial charge in [-0.05, 0) is 32.9 Å². The highest BCUT2D eigenvalue weighted by atomic mass is 16.5. The lowest BCUT2D eigenvalue weighted by molar-refractivity contribution is 0.388. The average Bonchev–Trinajstić information content (AvgIpc) is 2.51. The van der Waals surface area contributed by atoms with Gasteiger partial charge in [0.2, 0.25) is 0 Å². The minimum absolute atomic E-state index is 0.769. The van der Waals surface area contributed by atoms with Crippen molar-refractivity contribution in [3.8, 4) is 0 Å². The first-order valence-electron chi connectivity index (χ1n) is 4.66. The van der Waals surface area contributed by atoms with Crippen molar-refractivity contribution in [3.05, 3.63) is 17.5 Å². The van der Waals surface area contributed by atoms with Gasteiger partial charge in [-0.2, -0.15) is 0 Å². The first-order valence-corrected chi connectivity index (χ1v) is 4.66. The molecule has 74 valence electrons. The van der Waals surface area contributed by atoms with Crippen molar-refractivity contribution in [1.82, 2.24) is 10.5 Å². The number of aromatic nitrogens is 1. The summed E-state index contributed by atoms with van der Waals surface area (Å²) in [6, 6.07) is 1.94. The largest absolute Gasteiger partial charge is 0.361 e. The fourth-order valence-corrected chi connectivity index (χ4v) is 1.11. The van der Waals surface area contributed by atoms with Gasteiger partial charge in [0.25, 0.3) is 0 Å². The minimum Gasteiger partial charge on any atom is -0.361 e. The van der Waals surface area contributed by atoms with Crippen LogP contribution in [0.5, 0.6) is 0 Å². The van der Waals surface area contributed by atoms with Crippen molar-refractivity contribution in [2.24, 2.45) is 5.73 Å². The maximum absolute atomic E-state index is 5.37. The maximum Gasteiger partial charge on any atom is 0.133 e. The number of hydrogen-bond acceptors (Lipinski definition) is 4. The summed E-state index contributed by atoms with van der Waals surface area (Å²) >= 11 is 0. The van der Waals surface area contributed by atoms with E-state index in [-0.39, 0.29) is 0 Å². The number of rotatable bonds is 6. The Morgan fingerprint density at radius 1 is 1.54 bits per heavy atom. The second kappa shape index (κ2) is 5.72. The summed E-state index contributed by atoms with van der Waals surface area (Å²) in [7, 11) is 0. The van der Waals surface area contributed by atoms with Crippen LogP contribution in [-0.2, 0) is 6.54 Å². The van der Waals surface area contributed by atoms with Crippen molar-refractivity contribution in [3.63, 3.8) is 0 Å². The normalized spacial score (nSPS) is 10.6. The van der Waals surface area contributed by atoms with E-state index in [1.807, 2.05) is 13.0 Å². The van der Waals surface area contributed by atoms with Crippen LogP contribution in [0.4, 0.5) is 0 Å². The molecule has 0 aromatic carbocycles. The van der Waals surface area contributed by atoms with Gasteiger partial charge in [0.05, 0.1) is 5.69 Å². The van der Waals surface area contributed by atoms with Crippen molar-refractivity contribution >= 4 is 0 Å². The summed E-state index contributed by atoms with van der Waals surface area (Å²) in [5.74, 6) is 0.860. The van der Waals surface area contributed by atoms with Gasteiger partial charge in [0.1, 0.15) is 5.76 Å². The van der Waals surface area contributed by atoms with Gasteiger partial charge in [0, 0.05) is 12.6 Å². The van der Waals surface area contributed by atoms with Crippen LogP contribution < -0.4 is 11.1 Å². The molecule has 0 aliphatic carbocycles. The molecule has 0 aliphatic heterocycles. The third kappa shape index (κ3) is 4.05. The van der Waals surface area contributed by atoms with E-state index in [0.717, 1.165) is 43.9 Å². The number of unbranched alkanes of at least 4 members (excludes halogenated alkanes) is 1. The van der Waals surface area contributed by atoms with Crippen molar-refractivity contribution in [1.29, 1.82) is 0 Å². The zero-order valence-electron chi connectivity index (χ0n) is 8.05. The number of nitrogens with zero attached hydrogens (tertiary/aromatic N) is 1. The zero-order chi connectivity index (χ0) is 9.52. The lowest BCUT2D eigenvalue weighted by Gasteiger charge is -1.99. The summed E-state index contributed by atoms with van der Waals surface area (Å²) in [6.45, 7) is 4.43. The maximum atomic E-state index is 5.37. The van der Waals surface area contributed by atoms with Gasteiger partial charge in [-0.25, -0.2) is 0 Å². The second-order valence-electron chi connectivity index (χ2n) is 3.10. The zero-order valence-corrected chi connectivity index (χ0v) is 8.05. The van der Waals surface area contributed by atoms with Crippen molar-refractivity contribution < 1.29 is 4.52 Å². The van der Waals surface area contributed by atoms with E-state index in [0.29, 0.717) is 0 Å². The summed E-state index contributed by atoms with van der Waals surface area (Å²) in [6.07, 6.45) is 2.19. The molecule has 0 spiro atoms. The van der Waals surface area contributed by atoms with E-state index in [9.17, 15) is 0 Å². The number of nitrogens with one attached hydrogen (secondary N) is 1. The summed E-state index contributed by atoms with van der Waals surface area (Å²) < 4.78 is 4.93. The van der Waals surface area contributed by atoms with Crippen LogP contribution in [-0.4, -0.2) is 18.2 Å². The summed E-state index contributed by atoms with van der Waals surface area (Å²) in [4.78, 5) is 0. The van der Waals surface area contributed by atoms with Gasteiger partial charge in [0.15, 0.2) is 0 Å². The molecule has 4 nitrogen and oxygen atoms in total. The van der Waals surface area contributed by atoms with E-state index in [2.05, 4.69) is 10.5 Å². The van der Waals surface area contributed by atoms with Crippen LogP contribution in [0.15, 0.2) is 10.6 Å². The lowest BCUT2D eigenvalue weighted by Crippen LogP contribution is -2.15. The van der Waals surface area contributed by atoms with E-state index < -0.39 is 0 Å². The Balaban J connectivity index is 2.06. The summed E-state index contributed by atoms with van der Waals surface area (Å²) in [5, 5.41) is 7.14. The topological polar surface area (TPSA) is 64.1 Å². The fourth-order valence-electron chi connectivity index (χ4n) is 1.11. The van der Waals surface area contributed by atoms with Crippen LogP contribution >= 0.6 is 0 Å². The number of hydrogen-bond donors (Lipinski definition) is 2. The van der Waals surface area contributed by atoms with Crippen LogP contribution in [0.2, 0.25) is 0 Å². The molecule has 0 saturated carbocycles. The van der Waals surface area contributed by atoms with Gasteiger partial charge in [-0.1, -0.05) is 5.16 Å². The molecule has 0 saturated heterocycles. The first-order chi connectivity index (χ1) is 6.33. The highest BCUT2D eigenvalue weighted by molar-refractivity contribution is 5.02. The number of aryl methyl sites for hydroxylation is 1. The highest BCUT2D eigenvalue weighted by Gasteiger charge is 1.98. The number of nitrogens with two attached hydrogens (primary N) is 1. The molecule has 3 N–H and O–H groups in total. The predicted molar refractivity (Wildman–Crippen MR) is 51.2 cm³/mol. The Labute approximate surface area is 78.5 Å². The van der Waals surface area contributed by atoms with E-state index >= 15 is 0 Å². The molecule has 13 heavy (non-hydrogen) atoms. The van der Waals surface area contributed by atoms with Crippen LogP contribution in [0.1, 0.15) is 24.3 Å². The molecule has 1 heterocycles. The van der Waals surface area contributed by atoms with Gasteiger partial charge in [-0.15, -0.1) is 0 Å². The molecule has 0 atom stereocenters. The van der Waals surface area contributed by atoms with Crippen molar-refractivity contribution in [2.45, 2.75) is 26.3 Å². The molecular weight excluding hydrogens is 166 g/mol. The van der Waals surface area contributed by atoms with Gasteiger partial charge >= 0.3 is 0 Å². The predicted octanol–water partition coefficient (Wildman–Crippen LogP) is 0.812. The highest BCUT2D eigenvalue weighted by Crippen LogP contribution is 2.00. The Morgan fingerprint density at radius 3 is 3.00 bits per heavy atom. The van der Waals surface area contributed by atoms with E-state index in [1.54, 1.807) is 0 Å². The average molecular weight is 183 g/mol. The fraction of sp³-hybridized carbons (Fsp3) is 0.667. The van der Waals surface area contributed by atoms with Crippen molar-refractivity contribution in [2.75, 3.05) is 13.1 Å². The molecule has 0 unspecified atom stereocenters. The Kier molecular flexibility index (Phi) is 4.49. The standard InChI is InChI=1S/C9H17N3O/c1-8-6-9(12-13-8)7-11-5-3-2-4-10/h6,11H,2-5,7,10H2,1H3. The summed E-state index contributed by atoms with van der Waals surface area (Å²) in [5.41, 5.74) is 6.33. The monoisotopic (exact) mass is 183 g/mol. The molecule has 0 radical (unpaired) electrons. The Morgan fingerprint density at radius 2 is 2.38 bits per heavy atom. The lowest BCUT2D eigenvalue weighted by atomic mass is 10.3. The van der Waals surface area contributed by atoms with Gasteiger partial charge < -0.3 is 15.6 Å². The Bertz CT molecular complexity index is 235. The minimum atomic E-state index is 0.769. The molecule has 1 rings (SSSR count). The van der Waals surface area contributed by atoms with E-state index in [1.165, 1.54) is 0 Å². The smallest absolute Gasteiger partial charge is 0.133 e. The van der Waals surface area contributed by atoms with Crippen LogP contribution in [0.25, 0.3) is 0 Å². The van der Waals surface area contributed by atoms with Gasteiger partial charge in [-0.3, -0.25) is 0 Å². The van der Waals surface area contributed by atoms with Crippen LogP contribution in [0, 0.1) is 6.92 Å². The molecule has 1 aromatic rings. The molecule has 4 heteroatoms. The molecule has 1 aromatic heterocycles. The van der Waals surface area contributed by atoms with Crippen LogP contribution in [0.3, 0.4) is 0 Å². The third-order valence-electron chi connectivity index (χ3n) is 1.79. The molecule has 0 amide bonds. The third-order valence-corrected chi connectivity index (χ3v) is 1.79. The molecule has 0 aliphatic rings. The molecule has 0 bridgehead atoms. The first kappa shape index (κ1) is 10.2. The van der Waals surface area contributed by atoms with E-state index in [4.69, 9.17) is 10.3 Å².